The van der Waals surface area contributed by atoms with Crippen LogP contribution in [0, 0.1) is 11.6 Å². The van der Waals surface area contributed by atoms with Crippen molar-refractivity contribution in [3.05, 3.63) is 21.1 Å². The summed E-state index contributed by atoms with van der Waals surface area (Å²) in [6, 6.07) is -0.341. The maximum absolute atomic E-state index is 14.8. The van der Waals surface area contributed by atoms with Crippen LogP contribution < -0.4 is 4.90 Å². The second kappa shape index (κ2) is 7.48. The first-order chi connectivity index (χ1) is 11.9. The van der Waals surface area contributed by atoms with Gasteiger partial charge in [-0.3, -0.25) is 0 Å². The summed E-state index contributed by atoms with van der Waals surface area (Å²) in [5.41, 5.74) is -0.156. The van der Waals surface area contributed by atoms with Crippen molar-refractivity contribution >= 4 is 56.0 Å². The minimum absolute atomic E-state index is 0.107. The summed E-state index contributed by atoms with van der Waals surface area (Å²) in [4.78, 5) is 10.1. The molecule has 0 aliphatic carbocycles. The molecule has 1 N–H and O–H groups in total. The van der Waals surface area contributed by atoms with Crippen molar-refractivity contribution in [1.82, 2.24) is 9.97 Å². The van der Waals surface area contributed by atoms with E-state index in [1.165, 1.54) is 11.8 Å². The van der Waals surface area contributed by atoms with Crippen molar-refractivity contribution in [2.24, 2.45) is 0 Å². The molecule has 1 aliphatic heterocycles. The molecule has 1 aromatic carbocycles. The number of ether oxygens (including phenoxy) is 1. The van der Waals surface area contributed by atoms with Crippen LogP contribution in [0.3, 0.4) is 0 Å². The van der Waals surface area contributed by atoms with Crippen molar-refractivity contribution in [1.29, 1.82) is 0 Å². The van der Waals surface area contributed by atoms with Gasteiger partial charge in [-0.1, -0.05) is 23.4 Å². The van der Waals surface area contributed by atoms with E-state index in [-0.39, 0.29) is 38.9 Å². The van der Waals surface area contributed by atoms with E-state index in [0.717, 1.165) is 0 Å². The van der Waals surface area contributed by atoms with Gasteiger partial charge in [0.1, 0.15) is 11.3 Å². The lowest BCUT2D eigenvalue weighted by molar-refractivity contribution is -0.0193. The van der Waals surface area contributed by atoms with Crippen LogP contribution in [0.1, 0.15) is 6.42 Å². The molecule has 2 aromatic rings. The van der Waals surface area contributed by atoms with Crippen molar-refractivity contribution in [2.75, 3.05) is 31.4 Å². The maximum atomic E-state index is 14.8. The van der Waals surface area contributed by atoms with Crippen molar-refractivity contribution < 1.29 is 18.6 Å². The van der Waals surface area contributed by atoms with E-state index < -0.39 is 17.7 Å². The number of thioether (sulfide) groups is 1. The molecule has 1 aliphatic rings. The summed E-state index contributed by atoms with van der Waals surface area (Å²) >= 11 is 10.1. The summed E-state index contributed by atoms with van der Waals surface area (Å²) in [6.45, 7) is 0.643. The molecule has 1 saturated heterocycles. The Morgan fingerprint density at radius 1 is 1.36 bits per heavy atom. The highest BCUT2D eigenvalue weighted by Gasteiger charge is 2.31. The van der Waals surface area contributed by atoms with Crippen LogP contribution in [-0.4, -0.2) is 53.7 Å². The highest BCUT2D eigenvalue weighted by atomic mass is 79.9. The number of hydrogen-bond donors (Lipinski definition) is 1. The van der Waals surface area contributed by atoms with Gasteiger partial charge < -0.3 is 14.7 Å². The van der Waals surface area contributed by atoms with Gasteiger partial charge in [0.15, 0.2) is 16.8 Å². The fraction of sp³-hybridized carbons (Fsp3) is 0.467. The minimum atomic E-state index is -0.805. The molecule has 0 amide bonds. The normalized spacial score (nSPS) is 20.9. The number of rotatable bonds is 3. The summed E-state index contributed by atoms with van der Waals surface area (Å²) in [7, 11) is 1.68. The van der Waals surface area contributed by atoms with Gasteiger partial charge in [0, 0.05) is 13.7 Å². The van der Waals surface area contributed by atoms with Crippen LogP contribution in [0.2, 0.25) is 5.02 Å². The third-order valence-electron chi connectivity index (χ3n) is 4.18. The Morgan fingerprint density at radius 3 is 2.72 bits per heavy atom. The topological polar surface area (TPSA) is 58.5 Å². The molecule has 3 rings (SSSR count). The zero-order chi connectivity index (χ0) is 18.3. The molecule has 0 saturated carbocycles. The quantitative estimate of drug-likeness (QED) is 0.331. The van der Waals surface area contributed by atoms with Crippen molar-refractivity contribution in [2.45, 2.75) is 23.7 Å². The number of hydrogen-bond acceptors (Lipinski definition) is 6. The molecule has 0 spiro atoms. The first-order valence-corrected chi connectivity index (χ1v) is 9.82. The molecule has 5 nitrogen and oxygen atoms in total. The third-order valence-corrected chi connectivity index (χ3v) is 6.06. The molecule has 0 radical (unpaired) electrons. The summed E-state index contributed by atoms with van der Waals surface area (Å²) < 4.78 is 34.5. The summed E-state index contributed by atoms with van der Waals surface area (Å²) in [5.74, 6) is -1.37. The molecule has 136 valence electrons. The average Bonchev–Trinajstić information content (AvgIpc) is 2.63. The number of nitrogens with zero attached hydrogens (tertiary/aromatic N) is 3. The number of likely N-dealkylation sites (N-methyl/N-ethyl adjacent to an activating group) is 1. The number of aliphatic hydroxyl groups is 1. The molecule has 2 heterocycles. The van der Waals surface area contributed by atoms with Gasteiger partial charge in [-0.25, -0.2) is 18.7 Å². The predicted octanol–water partition coefficient (Wildman–Crippen LogP) is 3.63. The lowest BCUT2D eigenvalue weighted by atomic mass is 10.0. The van der Waals surface area contributed by atoms with E-state index >= 15 is 0 Å². The van der Waals surface area contributed by atoms with Crippen LogP contribution in [0.5, 0.6) is 0 Å². The number of fused-ring (bicyclic) bond motifs is 1. The largest absolute Gasteiger partial charge is 0.389 e. The molecule has 0 bridgehead atoms. The van der Waals surface area contributed by atoms with E-state index in [4.69, 9.17) is 16.3 Å². The third kappa shape index (κ3) is 3.32. The summed E-state index contributed by atoms with van der Waals surface area (Å²) in [6.07, 6.45) is 1.51. The van der Waals surface area contributed by atoms with Crippen molar-refractivity contribution in [3.8, 4) is 0 Å². The number of aromatic nitrogens is 2. The maximum Gasteiger partial charge on any atom is 0.189 e. The Bertz CT molecular complexity index is 829. The number of benzene rings is 1. The molecule has 2 atom stereocenters. The monoisotopic (exact) mass is 453 g/mol. The Kier molecular flexibility index (Phi) is 5.69. The zero-order valence-electron chi connectivity index (χ0n) is 13.4. The zero-order valence-corrected chi connectivity index (χ0v) is 16.6. The highest BCUT2D eigenvalue weighted by Crippen LogP contribution is 2.39. The smallest absolute Gasteiger partial charge is 0.189 e. The molecular formula is C15H15BrClF2N3O2S. The predicted molar refractivity (Wildman–Crippen MR) is 97.6 cm³/mol. The molecule has 25 heavy (non-hydrogen) atoms. The van der Waals surface area contributed by atoms with Gasteiger partial charge in [0.25, 0.3) is 0 Å². The Labute approximate surface area is 160 Å². The molecule has 0 unspecified atom stereocenters. The average molecular weight is 455 g/mol. The van der Waals surface area contributed by atoms with Gasteiger partial charge >= 0.3 is 0 Å². The van der Waals surface area contributed by atoms with Crippen molar-refractivity contribution in [3.63, 3.8) is 0 Å². The van der Waals surface area contributed by atoms with Crippen LogP contribution >= 0.6 is 39.3 Å². The molecule has 1 aromatic heterocycles. The Hall–Kier alpha value is -0.740. The van der Waals surface area contributed by atoms with E-state index in [2.05, 4.69) is 25.9 Å². The SMILES string of the molecule is CSc1nc(N(C)[C@H]2CCOC[C@@H]2O)c2c(F)c(Cl)c(Br)c(F)c2n1. The van der Waals surface area contributed by atoms with Crippen LogP contribution in [0.4, 0.5) is 14.6 Å². The van der Waals surface area contributed by atoms with Gasteiger partial charge in [0.05, 0.1) is 33.6 Å². The van der Waals surface area contributed by atoms with Gasteiger partial charge in [0.2, 0.25) is 0 Å². The lowest BCUT2D eigenvalue weighted by Gasteiger charge is -2.36. The van der Waals surface area contributed by atoms with Crippen LogP contribution in [0.15, 0.2) is 9.63 Å². The first kappa shape index (κ1) is 19.0. The van der Waals surface area contributed by atoms with Gasteiger partial charge in [-0.2, -0.15) is 0 Å². The molecule has 10 heteroatoms. The van der Waals surface area contributed by atoms with Crippen LogP contribution in [0.25, 0.3) is 10.9 Å². The molecular weight excluding hydrogens is 440 g/mol. The lowest BCUT2D eigenvalue weighted by Crippen LogP contribution is -2.48. The number of anilines is 1. The van der Waals surface area contributed by atoms with E-state index in [9.17, 15) is 13.9 Å². The number of halogens is 4. The number of aliphatic hydroxyl groups excluding tert-OH is 1. The van der Waals surface area contributed by atoms with E-state index in [1.807, 2.05) is 0 Å². The Balaban J connectivity index is 2.26. The molecule has 1 fully saturated rings. The highest BCUT2D eigenvalue weighted by molar-refractivity contribution is 9.10. The second-order valence-electron chi connectivity index (χ2n) is 5.62. The van der Waals surface area contributed by atoms with E-state index in [0.29, 0.717) is 18.2 Å². The fourth-order valence-corrected chi connectivity index (χ4v) is 3.76. The summed E-state index contributed by atoms with van der Waals surface area (Å²) in [5, 5.41) is 10.0. The van der Waals surface area contributed by atoms with Gasteiger partial charge in [-0.15, -0.1) is 0 Å². The van der Waals surface area contributed by atoms with Crippen LogP contribution in [-0.2, 0) is 4.74 Å². The van der Waals surface area contributed by atoms with Gasteiger partial charge in [-0.05, 0) is 28.6 Å². The Morgan fingerprint density at radius 2 is 2.08 bits per heavy atom. The standard InChI is InChI=1S/C15H15BrClF2N3O2S/c1-22(6-3-4-24-5-7(6)23)14-8-11(18)10(17)9(16)12(19)13(8)20-15(21-14)25-2/h6-7,23H,3-5H2,1-2H3/t6-,7-/m0/s1. The van der Waals surface area contributed by atoms with E-state index in [1.54, 1.807) is 18.2 Å². The second-order valence-corrected chi connectivity index (χ2v) is 7.57. The minimum Gasteiger partial charge on any atom is -0.389 e. The fourth-order valence-electron chi connectivity index (χ4n) is 2.86. The first-order valence-electron chi connectivity index (χ1n) is 7.43.